The molecule has 0 saturated carbocycles. The van der Waals surface area contributed by atoms with E-state index >= 15 is 0 Å². The van der Waals surface area contributed by atoms with Gasteiger partial charge < -0.3 is 14.4 Å². The summed E-state index contributed by atoms with van der Waals surface area (Å²) in [6.45, 7) is 9.91. The van der Waals surface area contributed by atoms with Crippen LogP contribution >= 0.6 is 0 Å². The monoisotopic (exact) mass is 285 g/mol. The van der Waals surface area contributed by atoms with E-state index in [0.29, 0.717) is 6.61 Å². The van der Waals surface area contributed by atoms with Gasteiger partial charge in [-0.05, 0) is 12.8 Å². The number of amides is 1. The molecule has 0 aromatic carbocycles. The quantitative estimate of drug-likeness (QED) is 0.556. The molecule has 0 saturated heterocycles. The Labute approximate surface area is 121 Å². The lowest BCUT2D eigenvalue weighted by Gasteiger charge is -2.34. The molecule has 0 N–H and O–H groups in total. The van der Waals surface area contributed by atoms with Crippen molar-refractivity contribution in [2.45, 2.75) is 40.7 Å². The highest BCUT2D eigenvalue weighted by molar-refractivity contribution is 5.82. The van der Waals surface area contributed by atoms with Gasteiger partial charge in [0.15, 0.2) is 0 Å². The fourth-order valence-electron chi connectivity index (χ4n) is 1.93. The molecular formula is C15H27NO4. The highest BCUT2D eigenvalue weighted by Gasteiger charge is 2.33. The molecule has 0 aromatic heterocycles. The van der Waals surface area contributed by atoms with Crippen LogP contribution in [0.25, 0.3) is 0 Å². The highest BCUT2D eigenvalue weighted by Crippen LogP contribution is 2.31. The number of esters is 1. The van der Waals surface area contributed by atoms with Gasteiger partial charge in [0.05, 0.1) is 6.61 Å². The van der Waals surface area contributed by atoms with Crippen molar-refractivity contribution in [2.24, 2.45) is 11.3 Å². The molecule has 0 aliphatic heterocycles. The van der Waals surface area contributed by atoms with E-state index in [2.05, 4.69) is 0 Å². The Bertz CT molecular complexity index is 359. The van der Waals surface area contributed by atoms with Gasteiger partial charge in [0.2, 0.25) is 0 Å². The van der Waals surface area contributed by atoms with E-state index in [-0.39, 0.29) is 24.1 Å². The molecule has 0 rings (SSSR count). The lowest BCUT2D eigenvalue weighted by atomic mass is 9.80. The zero-order valence-electron chi connectivity index (χ0n) is 13.6. The van der Waals surface area contributed by atoms with E-state index in [1.165, 1.54) is 11.0 Å². The topological polar surface area (TPSA) is 55.8 Å². The first-order valence-electron chi connectivity index (χ1n) is 6.85. The fraction of sp³-hybridized carbons (Fsp3) is 0.733. The molecule has 0 spiro atoms. The number of carbonyl (C=O) groups is 2. The van der Waals surface area contributed by atoms with E-state index in [0.717, 1.165) is 0 Å². The zero-order valence-corrected chi connectivity index (χ0v) is 13.6. The summed E-state index contributed by atoms with van der Waals surface area (Å²) in [6.07, 6.45) is 2.41. The largest absolute Gasteiger partial charge is 0.463 e. The maximum Gasteiger partial charge on any atom is 0.409 e. The Morgan fingerprint density at radius 3 is 2.20 bits per heavy atom. The summed E-state index contributed by atoms with van der Waals surface area (Å²) in [5.74, 6) is -0.261. The van der Waals surface area contributed by atoms with Crippen LogP contribution in [0.4, 0.5) is 4.79 Å². The standard InChI is InChI=1S/C15H27NO4/c1-8-19-12(17)9-10-15(4,5)13(11(2)3)20-14(18)16(6)7/h9-11,13H,8H2,1-7H3/b10-9+. The van der Waals surface area contributed by atoms with Crippen LogP contribution in [0.5, 0.6) is 0 Å². The number of rotatable bonds is 6. The summed E-state index contributed by atoms with van der Waals surface area (Å²) in [5.41, 5.74) is -0.466. The number of ether oxygens (including phenoxy) is 2. The van der Waals surface area contributed by atoms with Crippen LogP contribution in [0.15, 0.2) is 12.2 Å². The van der Waals surface area contributed by atoms with Gasteiger partial charge in [0.25, 0.3) is 0 Å². The third kappa shape index (κ3) is 6.08. The highest BCUT2D eigenvalue weighted by atomic mass is 16.6. The Balaban J connectivity index is 4.97. The average Bonchev–Trinajstić information content (AvgIpc) is 2.32. The number of hydrogen-bond donors (Lipinski definition) is 0. The second kappa shape index (κ2) is 7.92. The van der Waals surface area contributed by atoms with Crippen molar-refractivity contribution in [3.63, 3.8) is 0 Å². The Morgan fingerprint density at radius 1 is 1.25 bits per heavy atom. The van der Waals surface area contributed by atoms with Crippen molar-refractivity contribution in [2.75, 3.05) is 20.7 Å². The summed E-state index contributed by atoms with van der Waals surface area (Å²) in [7, 11) is 3.28. The van der Waals surface area contributed by atoms with Gasteiger partial charge in [-0.2, -0.15) is 0 Å². The van der Waals surface area contributed by atoms with Gasteiger partial charge in [0, 0.05) is 25.6 Å². The molecule has 0 bridgehead atoms. The van der Waals surface area contributed by atoms with E-state index < -0.39 is 5.41 Å². The zero-order chi connectivity index (χ0) is 15.9. The molecule has 0 aliphatic rings. The van der Waals surface area contributed by atoms with Crippen LogP contribution in [0.1, 0.15) is 34.6 Å². The molecule has 20 heavy (non-hydrogen) atoms. The second-order valence-corrected chi connectivity index (χ2v) is 5.85. The molecule has 116 valence electrons. The van der Waals surface area contributed by atoms with E-state index in [1.54, 1.807) is 27.1 Å². The molecule has 0 heterocycles. The minimum Gasteiger partial charge on any atom is -0.463 e. The third-order valence-corrected chi connectivity index (χ3v) is 2.87. The molecule has 5 heteroatoms. The first-order valence-corrected chi connectivity index (χ1v) is 6.85. The van der Waals surface area contributed by atoms with Crippen LogP contribution in [0.3, 0.4) is 0 Å². The molecule has 5 nitrogen and oxygen atoms in total. The molecule has 0 fully saturated rings. The average molecular weight is 285 g/mol. The van der Waals surface area contributed by atoms with Crippen molar-refractivity contribution in [1.82, 2.24) is 4.90 Å². The minimum absolute atomic E-state index is 0.126. The van der Waals surface area contributed by atoms with Crippen molar-refractivity contribution >= 4 is 12.1 Å². The lowest BCUT2D eigenvalue weighted by Crippen LogP contribution is -2.39. The van der Waals surface area contributed by atoms with E-state index in [9.17, 15) is 9.59 Å². The predicted octanol–water partition coefficient (Wildman–Crippen LogP) is 2.85. The molecule has 1 amide bonds. The third-order valence-electron chi connectivity index (χ3n) is 2.87. The van der Waals surface area contributed by atoms with Crippen LogP contribution in [0, 0.1) is 11.3 Å². The normalized spacial score (nSPS) is 13.4. The van der Waals surface area contributed by atoms with Crippen LogP contribution in [0.2, 0.25) is 0 Å². The summed E-state index contributed by atoms with van der Waals surface area (Å²) < 4.78 is 10.4. The smallest absolute Gasteiger partial charge is 0.409 e. The first-order chi connectivity index (χ1) is 9.11. The molecule has 0 aromatic rings. The summed E-state index contributed by atoms with van der Waals surface area (Å²) >= 11 is 0. The van der Waals surface area contributed by atoms with Crippen LogP contribution < -0.4 is 0 Å². The van der Waals surface area contributed by atoms with Gasteiger partial charge >= 0.3 is 12.1 Å². The first kappa shape index (κ1) is 18.5. The van der Waals surface area contributed by atoms with Crippen molar-refractivity contribution in [1.29, 1.82) is 0 Å². The van der Waals surface area contributed by atoms with E-state index in [4.69, 9.17) is 9.47 Å². The van der Waals surface area contributed by atoms with E-state index in [1.807, 2.05) is 27.7 Å². The summed E-state index contributed by atoms with van der Waals surface area (Å²) in [5, 5.41) is 0. The maximum absolute atomic E-state index is 11.7. The molecule has 1 unspecified atom stereocenters. The maximum atomic E-state index is 11.7. The van der Waals surface area contributed by atoms with Gasteiger partial charge in [-0.1, -0.05) is 33.8 Å². The Hall–Kier alpha value is -1.52. The Kier molecular flexibility index (Phi) is 7.32. The molecule has 0 radical (unpaired) electrons. The van der Waals surface area contributed by atoms with Gasteiger partial charge in [-0.15, -0.1) is 0 Å². The van der Waals surface area contributed by atoms with Crippen LogP contribution in [-0.4, -0.2) is 43.8 Å². The van der Waals surface area contributed by atoms with Gasteiger partial charge in [-0.3, -0.25) is 0 Å². The fourth-order valence-corrected chi connectivity index (χ4v) is 1.93. The van der Waals surface area contributed by atoms with Crippen molar-refractivity contribution in [3.8, 4) is 0 Å². The number of nitrogens with zero attached hydrogens (tertiary/aromatic N) is 1. The molecule has 0 aliphatic carbocycles. The Morgan fingerprint density at radius 2 is 1.80 bits per heavy atom. The summed E-state index contributed by atoms with van der Waals surface area (Å²) in [4.78, 5) is 24.5. The van der Waals surface area contributed by atoms with Crippen LogP contribution in [-0.2, 0) is 14.3 Å². The predicted molar refractivity (Wildman–Crippen MR) is 78.3 cm³/mol. The number of carbonyl (C=O) groups excluding carboxylic acids is 2. The summed E-state index contributed by atoms with van der Waals surface area (Å²) in [6, 6.07) is 0. The lowest BCUT2D eigenvalue weighted by molar-refractivity contribution is -0.137. The van der Waals surface area contributed by atoms with Crippen molar-refractivity contribution < 1.29 is 19.1 Å². The minimum atomic E-state index is -0.466. The number of hydrogen-bond acceptors (Lipinski definition) is 4. The van der Waals surface area contributed by atoms with Crippen molar-refractivity contribution in [3.05, 3.63) is 12.2 Å². The van der Waals surface area contributed by atoms with Gasteiger partial charge in [0.1, 0.15) is 6.10 Å². The molecule has 1 atom stereocenters. The SMILES string of the molecule is CCOC(=O)/C=C/C(C)(C)C(OC(=O)N(C)C)C(C)C. The second-order valence-electron chi connectivity index (χ2n) is 5.85. The van der Waals surface area contributed by atoms with Gasteiger partial charge in [-0.25, -0.2) is 9.59 Å². The molecular weight excluding hydrogens is 258 g/mol.